The van der Waals surface area contributed by atoms with Crippen LogP contribution in [0.15, 0.2) is 30.3 Å². The Kier molecular flexibility index (Phi) is 6.59. The van der Waals surface area contributed by atoms with Crippen LogP contribution in [0.2, 0.25) is 0 Å². The lowest BCUT2D eigenvalue weighted by Gasteiger charge is -2.34. The van der Waals surface area contributed by atoms with Crippen LogP contribution in [-0.2, 0) is 6.18 Å². The summed E-state index contributed by atoms with van der Waals surface area (Å²) in [6.07, 6.45) is -4.42. The van der Waals surface area contributed by atoms with Gasteiger partial charge in [-0.15, -0.1) is 0 Å². The fourth-order valence-corrected chi connectivity index (χ4v) is 4.24. The maximum absolute atomic E-state index is 12.8. The van der Waals surface area contributed by atoms with Crippen LogP contribution in [0.3, 0.4) is 0 Å². The number of hydrogen-bond acceptors (Lipinski definition) is 3. The fraction of sp³-hybridized carbons (Fsp3) is 0.478. The highest BCUT2D eigenvalue weighted by Crippen LogP contribution is 2.29. The van der Waals surface area contributed by atoms with Gasteiger partial charge in [0.15, 0.2) is 5.78 Å². The molecule has 0 saturated carbocycles. The molecule has 1 saturated heterocycles. The predicted octanol–water partition coefficient (Wildman–Crippen LogP) is 4.35. The lowest BCUT2D eigenvalue weighted by molar-refractivity contribution is -0.137. The standard InChI is InChI=1S/C23H28F3N3O2/c1-15(2)29-16(3)13-20(17(29)4)21(30)14-27-9-11-28(12-10-27)22(31)18-5-7-19(8-6-18)23(24,25)26/h5-8,13,15H,9-12,14H2,1-4H3. The summed E-state index contributed by atoms with van der Waals surface area (Å²) in [7, 11) is 0. The number of benzene rings is 1. The van der Waals surface area contributed by atoms with Crippen LogP contribution in [-0.4, -0.2) is 58.8 Å². The van der Waals surface area contributed by atoms with E-state index >= 15 is 0 Å². The average Bonchev–Trinajstić information content (AvgIpc) is 3.01. The largest absolute Gasteiger partial charge is 0.416 e. The summed E-state index contributed by atoms with van der Waals surface area (Å²) in [5.41, 5.74) is 2.22. The Morgan fingerprint density at radius 3 is 2.06 bits per heavy atom. The van der Waals surface area contributed by atoms with Gasteiger partial charge >= 0.3 is 6.18 Å². The van der Waals surface area contributed by atoms with E-state index in [0.717, 1.165) is 29.1 Å². The molecule has 1 aliphatic rings. The molecular formula is C23H28F3N3O2. The molecule has 0 atom stereocenters. The van der Waals surface area contributed by atoms with Crippen LogP contribution >= 0.6 is 0 Å². The van der Waals surface area contributed by atoms with Crippen molar-refractivity contribution in [3.05, 3.63) is 58.4 Å². The Hall–Kier alpha value is -2.61. The second-order valence-electron chi connectivity index (χ2n) is 8.32. The van der Waals surface area contributed by atoms with Gasteiger partial charge in [0.2, 0.25) is 0 Å². The molecule has 0 radical (unpaired) electrons. The highest BCUT2D eigenvalue weighted by Gasteiger charge is 2.31. The average molecular weight is 435 g/mol. The van der Waals surface area contributed by atoms with Gasteiger partial charge in [-0.25, -0.2) is 0 Å². The second-order valence-corrected chi connectivity index (χ2v) is 8.32. The summed E-state index contributed by atoms with van der Waals surface area (Å²) >= 11 is 0. The molecule has 0 unspecified atom stereocenters. The van der Waals surface area contributed by atoms with Crippen molar-refractivity contribution >= 4 is 11.7 Å². The summed E-state index contributed by atoms with van der Waals surface area (Å²) < 4.78 is 40.3. The number of piperazine rings is 1. The van der Waals surface area contributed by atoms with Crippen molar-refractivity contribution in [1.82, 2.24) is 14.4 Å². The number of carbonyl (C=O) groups is 2. The van der Waals surface area contributed by atoms with E-state index in [1.54, 1.807) is 4.90 Å². The normalized spacial score (nSPS) is 15.5. The molecule has 5 nitrogen and oxygen atoms in total. The summed E-state index contributed by atoms with van der Waals surface area (Å²) in [4.78, 5) is 29.1. The van der Waals surface area contributed by atoms with E-state index in [-0.39, 0.29) is 29.8 Å². The smallest absolute Gasteiger partial charge is 0.346 e. The fourth-order valence-electron chi connectivity index (χ4n) is 4.24. The summed E-state index contributed by atoms with van der Waals surface area (Å²) in [5.74, 6) is -0.234. The van der Waals surface area contributed by atoms with Gasteiger partial charge < -0.3 is 9.47 Å². The highest BCUT2D eigenvalue weighted by molar-refractivity contribution is 5.99. The molecule has 1 fully saturated rings. The topological polar surface area (TPSA) is 45.6 Å². The zero-order valence-corrected chi connectivity index (χ0v) is 18.3. The number of hydrogen-bond donors (Lipinski definition) is 0. The quantitative estimate of drug-likeness (QED) is 0.657. The maximum atomic E-state index is 12.8. The minimum absolute atomic E-state index is 0.0579. The number of Topliss-reactive ketones (excluding diaryl/α,β-unsaturated/α-hetero) is 1. The molecule has 168 valence electrons. The first-order valence-corrected chi connectivity index (χ1v) is 10.4. The van der Waals surface area contributed by atoms with Crippen LogP contribution in [0.1, 0.15) is 57.6 Å². The molecule has 31 heavy (non-hydrogen) atoms. The van der Waals surface area contributed by atoms with Gasteiger partial charge in [-0.05, 0) is 58.0 Å². The Labute approximate surface area is 180 Å². The van der Waals surface area contributed by atoms with Gasteiger partial charge in [-0.3, -0.25) is 14.5 Å². The van der Waals surface area contributed by atoms with Gasteiger partial charge in [0, 0.05) is 54.7 Å². The summed E-state index contributed by atoms with van der Waals surface area (Å²) in [6, 6.07) is 6.49. The van der Waals surface area contributed by atoms with Crippen LogP contribution in [0.25, 0.3) is 0 Å². The first-order valence-electron chi connectivity index (χ1n) is 10.4. The van der Waals surface area contributed by atoms with Crippen LogP contribution in [0.4, 0.5) is 13.2 Å². The number of nitrogens with zero attached hydrogens (tertiary/aromatic N) is 3. The van der Waals surface area contributed by atoms with Crippen molar-refractivity contribution in [3.8, 4) is 0 Å². The molecule has 3 rings (SSSR count). The van der Waals surface area contributed by atoms with Gasteiger partial charge in [0.1, 0.15) is 0 Å². The molecule has 8 heteroatoms. The molecule has 1 aromatic carbocycles. The molecule has 0 spiro atoms. The third-order valence-electron chi connectivity index (χ3n) is 5.79. The number of aryl methyl sites for hydroxylation is 1. The van der Waals surface area contributed by atoms with E-state index in [0.29, 0.717) is 26.2 Å². The molecular weight excluding hydrogens is 407 g/mol. The molecule has 0 N–H and O–H groups in total. The minimum Gasteiger partial charge on any atom is -0.346 e. The number of alkyl halides is 3. The van der Waals surface area contributed by atoms with Crippen molar-refractivity contribution in [2.45, 2.75) is 39.9 Å². The highest BCUT2D eigenvalue weighted by atomic mass is 19.4. The van der Waals surface area contributed by atoms with Crippen molar-refractivity contribution in [2.24, 2.45) is 0 Å². The number of carbonyl (C=O) groups excluding carboxylic acids is 2. The lowest BCUT2D eigenvalue weighted by Crippen LogP contribution is -2.49. The number of amides is 1. The second kappa shape index (κ2) is 8.86. The maximum Gasteiger partial charge on any atom is 0.416 e. The van der Waals surface area contributed by atoms with E-state index in [1.165, 1.54) is 12.1 Å². The SMILES string of the molecule is Cc1cc(C(=O)CN2CCN(C(=O)c3ccc(C(F)(F)F)cc3)CC2)c(C)n1C(C)C. The number of halogens is 3. The molecule has 2 heterocycles. The predicted molar refractivity (Wildman–Crippen MR) is 112 cm³/mol. The Balaban J connectivity index is 1.58. The molecule has 1 aliphatic heterocycles. The van der Waals surface area contributed by atoms with E-state index in [2.05, 4.69) is 18.4 Å². The zero-order chi connectivity index (χ0) is 22.9. The molecule has 0 aliphatic carbocycles. The van der Waals surface area contributed by atoms with Crippen molar-refractivity contribution in [2.75, 3.05) is 32.7 Å². The van der Waals surface area contributed by atoms with Crippen LogP contribution < -0.4 is 0 Å². The van der Waals surface area contributed by atoms with E-state index in [4.69, 9.17) is 0 Å². The monoisotopic (exact) mass is 435 g/mol. The summed E-state index contributed by atoms with van der Waals surface area (Å²) in [6.45, 7) is 10.3. The van der Waals surface area contributed by atoms with Gasteiger partial charge in [-0.1, -0.05) is 0 Å². The lowest BCUT2D eigenvalue weighted by atomic mass is 10.1. The molecule has 0 bridgehead atoms. The van der Waals surface area contributed by atoms with Crippen LogP contribution in [0.5, 0.6) is 0 Å². The van der Waals surface area contributed by atoms with Crippen molar-refractivity contribution in [1.29, 1.82) is 0 Å². The van der Waals surface area contributed by atoms with Gasteiger partial charge in [0.25, 0.3) is 5.91 Å². The Morgan fingerprint density at radius 1 is 1.00 bits per heavy atom. The molecule has 1 aromatic heterocycles. The zero-order valence-electron chi connectivity index (χ0n) is 18.3. The van der Waals surface area contributed by atoms with Crippen molar-refractivity contribution in [3.63, 3.8) is 0 Å². The molecule has 1 amide bonds. The third kappa shape index (κ3) is 5.01. The van der Waals surface area contributed by atoms with Crippen molar-refractivity contribution < 1.29 is 22.8 Å². The number of aromatic nitrogens is 1. The van der Waals surface area contributed by atoms with E-state index < -0.39 is 11.7 Å². The first kappa shape index (κ1) is 23.1. The third-order valence-corrected chi connectivity index (χ3v) is 5.79. The first-order chi connectivity index (χ1) is 14.5. The van der Waals surface area contributed by atoms with E-state index in [9.17, 15) is 22.8 Å². The van der Waals surface area contributed by atoms with Gasteiger partial charge in [-0.2, -0.15) is 13.2 Å². The number of ketones is 1. The molecule has 2 aromatic rings. The number of rotatable bonds is 5. The Morgan fingerprint density at radius 2 is 1.58 bits per heavy atom. The minimum atomic E-state index is -4.42. The van der Waals surface area contributed by atoms with Gasteiger partial charge in [0.05, 0.1) is 12.1 Å². The Bertz CT molecular complexity index is 954. The van der Waals surface area contributed by atoms with E-state index in [1.807, 2.05) is 24.8 Å². The summed E-state index contributed by atoms with van der Waals surface area (Å²) in [5, 5.41) is 0. The van der Waals surface area contributed by atoms with Crippen LogP contribution in [0, 0.1) is 13.8 Å².